The molecule has 0 saturated heterocycles. The van der Waals surface area contributed by atoms with E-state index in [1.54, 1.807) is 7.11 Å². The molecule has 0 spiro atoms. The average Bonchev–Trinajstić information content (AvgIpc) is 2.52. The molecule has 0 radical (unpaired) electrons. The van der Waals surface area contributed by atoms with Crippen LogP contribution >= 0.6 is 15.9 Å². The van der Waals surface area contributed by atoms with Gasteiger partial charge in [0, 0.05) is 17.1 Å². The molecule has 0 heterocycles. The lowest BCUT2D eigenvalue weighted by molar-refractivity contribution is 0.293. The summed E-state index contributed by atoms with van der Waals surface area (Å²) < 4.78 is 12.3. The number of hydrogen-bond donors (Lipinski definition) is 1. The molecule has 0 unspecified atom stereocenters. The highest BCUT2D eigenvalue weighted by molar-refractivity contribution is 9.10. The van der Waals surface area contributed by atoms with Crippen LogP contribution in [-0.2, 0) is 6.54 Å². The molecule has 0 aliphatic heterocycles. The van der Waals surface area contributed by atoms with Gasteiger partial charge in [-0.1, -0.05) is 42.1 Å². The molecule has 2 rings (SSSR count). The Morgan fingerprint density at radius 1 is 1.19 bits per heavy atom. The van der Waals surface area contributed by atoms with E-state index in [-0.39, 0.29) is 0 Å². The minimum atomic E-state index is 0.660. The third kappa shape index (κ3) is 4.89. The standard InChI is InChI=1S/C17H26BrNO2/c1-3-9-21-17-11-15(18)13(10-16(17)20-2)12-19-14-7-5-4-6-8-14/h10-11,14,19H,3-9,12H2,1-2H3. The summed E-state index contributed by atoms with van der Waals surface area (Å²) in [5, 5.41) is 3.67. The highest BCUT2D eigenvalue weighted by Gasteiger charge is 2.15. The quantitative estimate of drug-likeness (QED) is 0.770. The van der Waals surface area contributed by atoms with Crippen LogP contribution < -0.4 is 14.8 Å². The number of methoxy groups -OCH3 is 1. The topological polar surface area (TPSA) is 30.5 Å². The van der Waals surface area contributed by atoms with Crippen molar-refractivity contribution in [2.24, 2.45) is 0 Å². The van der Waals surface area contributed by atoms with Crippen LogP contribution in [0.3, 0.4) is 0 Å². The highest BCUT2D eigenvalue weighted by atomic mass is 79.9. The maximum atomic E-state index is 5.73. The fourth-order valence-corrected chi connectivity index (χ4v) is 3.22. The maximum Gasteiger partial charge on any atom is 0.162 e. The number of hydrogen-bond acceptors (Lipinski definition) is 3. The molecule has 21 heavy (non-hydrogen) atoms. The van der Waals surface area contributed by atoms with Crippen LogP contribution in [0, 0.1) is 0 Å². The SMILES string of the molecule is CCCOc1cc(Br)c(CNC2CCCCC2)cc1OC. The zero-order chi connectivity index (χ0) is 15.1. The van der Waals surface area contributed by atoms with Crippen molar-refractivity contribution in [1.29, 1.82) is 0 Å². The van der Waals surface area contributed by atoms with Gasteiger partial charge in [0.15, 0.2) is 11.5 Å². The predicted molar refractivity (Wildman–Crippen MR) is 90.2 cm³/mol. The van der Waals surface area contributed by atoms with E-state index in [0.717, 1.165) is 28.9 Å². The van der Waals surface area contributed by atoms with Crippen molar-refractivity contribution < 1.29 is 9.47 Å². The third-order valence-electron chi connectivity index (χ3n) is 3.98. The fourth-order valence-electron chi connectivity index (χ4n) is 2.76. The summed E-state index contributed by atoms with van der Waals surface area (Å²) in [6.07, 6.45) is 7.68. The van der Waals surface area contributed by atoms with Gasteiger partial charge in [0.05, 0.1) is 13.7 Å². The zero-order valence-electron chi connectivity index (χ0n) is 13.1. The van der Waals surface area contributed by atoms with Gasteiger partial charge in [-0.15, -0.1) is 0 Å². The molecule has 0 bridgehead atoms. The van der Waals surface area contributed by atoms with Crippen LogP contribution in [-0.4, -0.2) is 19.8 Å². The predicted octanol–water partition coefficient (Wildman–Crippen LogP) is 4.67. The Morgan fingerprint density at radius 3 is 2.62 bits per heavy atom. The summed E-state index contributed by atoms with van der Waals surface area (Å²) >= 11 is 3.65. The highest BCUT2D eigenvalue weighted by Crippen LogP contribution is 2.34. The van der Waals surface area contributed by atoms with Crippen LogP contribution in [0.4, 0.5) is 0 Å². The Bertz CT molecular complexity index is 445. The van der Waals surface area contributed by atoms with E-state index in [1.807, 2.05) is 6.07 Å². The monoisotopic (exact) mass is 355 g/mol. The average molecular weight is 356 g/mol. The molecule has 4 heteroatoms. The first-order valence-electron chi connectivity index (χ1n) is 7.97. The number of nitrogens with one attached hydrogen (secondary N) is 1. The van der Waals surface area contributed by atoms with Crippen LogP contribution in [0.15, 0.2) is 16.6 Å². The third-order valence-corrected chi connectivity index (χ3v) is 4.72. The van der Waals surface area contributed by atoms with Crippen LogP contribution in [0.5, 0.6) is 11.5 Å². The summed E-state index contributed by atoms with van der Waals surface area (Å²) in [6, 6.07) is 4.75. The lowest BCUT2D eigenvalue weighted by Gasteiger charge is -2.23. The molecule has 1 N–H and O–H groups in total. The molecular formula is C17H26BrNO2. The van der Waals surface area contributed by atoms with Gasteiger partial charge in [0.25, 0.3) is 0 Å². The molecular weight excluding hydrogens is 330 g/mol. The van der Waals surface area contributed by atoms with Gasteiger partial charge in [-0.25, -0.2) is 0 Å². The van der Waals surface area contributed by atoms with Crippen molar-refractivity contribution in [2.45, 2.75) is 58.0 Å². The van der Waals surface area contributed by atoms with Gasteiger partial charge in [-0.2, -0.15) is 0 Å². The normalized spacial score (nSPS) is 16.0. The van der Waals surface area contributed by atoms with Crippen LogP contribution in [0.1, 0.15) is 51.0 Å². The lowest BCUT2D eigenvalue weighted by Crippen LogP contribution is -2.30. The largest absolute Gasteiger partial charge is 0.493 e. The summed E-state index contributed by atoms with van der Waals surface area (Å²) in [6.45, 7) is 3.68. The molecule has 0 amide bonds. The van der Waals surface area contributed by atoms with E-state index in [9.17, 15) is 0 Å². The molecule has 1 fully saturated rings. The fraction of sp³-hybridized carbons (Fsp3) is 0.647. The van der Waals surface area contributed by atoms with Crippen molar-refractivity contribution in [3.63, 3.8) is 0 Å². The van der Waals surface area contributed by atoms with E-state index in [2.05, 4.69) is 34.2 Å². The molecule has 1 aromatic carbocycles. The molecule has 1 saturated carbocycles. The van der Waals surface area contributed by atoms with E-state index in [0.29, 0.717) is 12.6 Å². The molecule has 3 nitrogen and oxygen atoms in total. The van der Waals surface area contributed by atoms with E-state index in [4.69, 9.17) is 9.47 Å². The Hall–Kier alpha value is -0.740. The van der Waals surface area contributed by atoms with Crippen LogP contribution in [0.25, 0.3) is 0 Å². The number of rotatable bonds is 7. The van der Waals surface area contributed by atoms with Gasteiger partial charge in [0.1, 0.15) is 0 Å². The molecule has 1 aliphatic carbocycles. The summed E-state index contributed by atoms with van der Waals surface area (Å²) in [7, 11) is 1.69. The minimum Gasteiger partial charge on any atom is -0.493 e. The zero-order valence-corrected chi connectivity index (χ0v) is 14.7. The van der Waals surface area contributed by atoms with Gasteiger partial charge >= 0.3 is 0 Å². The maximum absolute atomic E-state index is 5.73. The first-order chi connectivity index (χ1) is 10.2. The first-order valence-corrected chi connectivity index (χ1v) is 8.76. The minimum absolute atomic E-state index is 0.660. The molecule has 1 aromatic rings. The summed E-state index contributed by atoms with van der Waals surface area (Å²) in [5.74, 6) is 1.62. The van der Waals surface area contributed by atoms with E-state index in [1.165, 1.54) is 37.7 Å². The molecule has 0 atom stereocenters. The van der Waals surface area contributed by atoms with Crippen molar-refractivity contribution in [3.05, 3.63) is 22.2 Å². The molecule has 1 aliphatic rings. The Morgan fingerprint density at radius 2 is 1.95 bits per heavy atom. The van der Waals surface area contributed by atoms with Gasteiger partial charge in [0.2, 0.25) is 0 Å². The second kappa shape index (κ2) is 8.64. The van der Waals surface area contributed by atoms with Crippen molar-refractivity contribution in [1.82, 2.24) is 5.32 Å². The molecule has 118 valence electrons. The summed E-state index contributed by atoms with van der Waals surface area (Å²) in [5.41, 5.74) is 1.22. The van der Waals surface area contributed by atoms with Crippen LogP contribution in [0.2, 0.25) is 0 Å². The first kappa shape index (κ1) is 16.6. The van der Waals surface area contributed by atoms with Crippen molar-refractivity contribution >= 4 is 15.9 Å². The second-order valence-electron chi connectivity index (χ2n) is 5.66. The summed E-state index contributed by atoms with van der Waals surface area (Å²) in [4.78, 5) is 0. The Balaban J connectivity index is 2.01. The van der Waals surface area contributed by atoms with E-state index >= 15 is 0 Å². The second-order valence-corrected chi connectivity index (χ2v) is 6.51. The Labute approximate surface area is 136 Å². The number of halogens is 1. The molecule has 0 aromatic heterocycles. The number of benzene rings is 1. The lowest BCUT2D eigenvalue weighted by atomic mass is 9.95. The van der Waals surface area contributed by atoms with E-state index < -0.39 is 0 Å². The van der Waals surface area contributed by atoms with Crippen molar-refractivity contribution in [2.75, 3.05) is 13.7 Å². The smallest absolute Gasteiger partial charge is 0.162 e. The Kier molecular flexibility index (Phi) is 6.84. The van der Waals surface area contributed by atoms with Crippen molar-refractivity contribution in [3.8, 4) is 11.5 Å². The number of ether oxygens (including phenoxy) is 2. The van der Waals surface area contributed by atoms with Gasteiger partial charge in [-0.3, -0.25) is 0 Å². The van der Waals surface area contributed by atoms with Gasteiger partial charge in [-0.05, 0) is 37.0 Å². The van der Waals surface area contributed by atoms with Gasteiger partial charge < -0.3 is 14.8 Å².